The predicted molar refractivity (Wildman–Crippen MR) is 78.8 cm³/mol. The van der Waals surface area contributed by atoms with Crippen molar-refractivity contribution in [3.8, 4) is 0 Å². The van der Waals surface area contributed by atoms with Crippen molar-refractivity contribution in [2.24, 2.45) is 7.05 Å². The number of aromatic nitrogens is 1. The molecule has 1 heterocycles. The number of hydrogen-bond donors (Lipinski definition) is 2. The van der Waals surface area contributed by atoms with Crippen LogP contribution in [-0.4, -0.2) is 33.8 Å². The molecule has 1 aromatic heterocycles. The number of benzene rings is 1. The summed E-state index contributed by atoms with van der Waals surface area (Å²) >= 11 is 0. The normalized spacial score (nSPS) is 12.8. The standard InChI is InChI=1S/C15H13F3N2O4/c1-20-11-5-3-2-4-8(11)9(6-12(20)21)13(22)19-10(14(23)24)7-15(16,17)18/h2-6,10H,7H2,1H3,(H,19,22)(H,23,24). The molecule has 1 amide bonds. The first-order valence-corrected chi connectivity index (χ1v) is 6.79. The van der Waals surface area contributed by atoms with E-state index in [1.807, 2.05) is 5.32 Å². The van der Waals surface area contributed by atoms with E-state index in [9.17, 15) is 27.6 Å². The van der Waals surface area contributed by atoms with Gasteiger partial charge in [-0.15, -0.1) is 0 Å². The van der Waals surface area contributed by atoms with Crippen molar-refractivity contribution in [3.63, 3.8) is 0 Å². The molecule has 0 saturated heterocycles. The zero-order valence-electron chi connectivity index (χ0n) is 12.4. The van der Waals surface area contributed by atoms with Gasteiger partial charge >= 0.3 is 12.1 Å². The lowest BCUT2D eigenvalue weighted by atomic mass is 10.1. The molecule has 9 heteroatoms. The van der Waals surface area contributed by atoms with E-state index in [-0.39, 0.29) is 5.56 Å². The van der Waals surface area contributed by atoms with Gasteiger partial charge in [-0.05, 0) is 6.07 Å². The first kappa shape index (κ1) is 17.5. The maximum atomic E-state index is 12.4. The van der Waals surface area contributed by atoms with E-state index >= 15 is 0 Å². The number of carboxylic acid groups (broad SMARTS) is 1. The Labute approximate surface area is 133 Å². The van der Waals surface area contributed by atoms with Crippen LogP contribution in [0.2, 0.25) is 0 Å². The predicted octanol–water partition coefficient (Wildman–Crippen LogP) is 1.67. The third-order valence-corrected chi connectivity index (χ3v) is 3.44. The van der Waals surface area contributed by atoms with Gasteiger partial charge in [0.15, 0.2) is 0 Å². The topological polar surface area (TPSA) is 88.4 Å². The lowest BCUT2D eigenvalue weighted by Crippen LogP contribution is -2.44. The highest BCUT2D eigenvalue weighted by Gasteiger charge is 2.36. The van der Waals surface area contributed by atoms with Gasteiger partial charge in [-0.25, -0.2) is 4.79 Å². The highest BCUT2D eigenvalue weighted by atomic mass is 19.4. The van der Waals surface area contributed by atoms with Crippen LogP contribution in [0.3, 0.4) is 0 Å². The summed E-state index contributed by atoms with van der Waals surface area (Å²) in [7, 11) is 1.48. The van der Waals surface area contributed by atoms with Crippen LogP contribution < -0.4 is 10.9 Å². The summed E-state index contributed by atoms with van der Waals surface area (Å²) in [5.41, 5.74) is -0.318. The van der Waals surface area contributed by atoms with E-state index < -0.39 is 36.1 Å². The van der Waals surface area contributed by atoms with Crippen molar-refractivity contribution >= 4 is 22.8 Å². The third kappa shape index (κ3) is 3.73. The summed E-state index contributed by atoms with van der Waals surface area (Å²) in [6.45, 7) is 0. The minimum absolute atomic E-state index is 0.179. The van der Waals surface area contributed by atoms with Gasteiger partial charge in [0.1, 0.15) is 6.04 Å². The van der Waals surface area contributed by atoms with Gasteiger partial charge < -0.3 is 15.0 Å². The quantitative estimate of drug-likeness (QED) is 0.885. The summed E-state index contributed by atoms with van der Waals surface area (Å²) in [6.07, 6.45) is -6.47. The minimum Gasteiger partial charge on any atom is -0.480 e. The Balaban J connectivity index is 2.43. The van der Waals surface area contributed by atoms with Crippen molar-refractivity contribution in [3.05, 3.63) is 46.2 Å². The van der Waals surface area contributed by atoms with Gasteiger partial charge in [-0.2, -0.15) is 13.2 Å². The summed E-state index contributed by atoms with van der Waals surface area (Å²) in [5.74, 6) is -2.87. The van der Waals surface area contributed by atoms with E-state index in [1.165, 1.54) is 17.7 Å². The maximum absolute atomic E-state index is 12.4. The van der Waals surface area contributed by atoms with Crippen LogP contribution in [0.4, 0.5) is 13.2 Å². The number of alkyl halides is 3. The monoisotopic (exact) mass is 342 g/mol. The second kappa shape index (κ2) is 6.34. The van der Waals surface area contributed by atoms with Gasteiger partial charge in [0.2, 0.25) is 0 Å². The number of aryl methyl sites for hydroxylation is 1. The smallest absolute Gasteiger partial charge is 0.391 e. The Morgan fingerprint density at radius 3 is 2.50 bits per heavy atom. The Hall–Kier alpha value is -2.84. The van der Waals surface area contributed by atoms with Crippen molar-refractivity contribution in [1.82, 2.24) is 9.88 Å². The molecule has 1 unspecified atom stereocenters. The molecule has 0 radical (unpaired) electrons. The second-order valence-electron chi connectivity index (χ2n) is 5.16. The first-order valence-electron chi connectivity index (χ1n) is 6.79. The number of hydrogen-bond acceptors (Lipinski definition) is 3. The van der Waals surface area contributed by atoms with Crippen LogP contribution in [0, 0.1) is 0 Å². The Morgan fingerprint density at radius 2 is 1.92 bits per heavy atom. The molecule has 24 heavy (non-hydrogen) atoms. The molecule has 0 aliphatic carbocycles. The van der Waals surface area contributed by atoms with Gasteiger partial charge in [0.25, 0.3) is 11.5 Å². The molecule has 0 aliphatic heterocycles. The number of pyridine rings is 1. The molecule has 6 nitrogen and oxygen atoms in total. The fourth-order valence-corrected chi connectivity index (χ4v) is 2.27. The fraction of sp³-hybridized carbons (Fsp3) is 0.267. The Kier molecular flexibility index (Phi) is 4.63. The molecule has 0 bridgehead atoms. The van der Waals surface area contributed by atoms with E-state index in [4.69, 9.17) is 5.11 Å². The van der Waals surface area contributed by atoms with Crippen LogP contribution in [0.5, 0.6) is 0 Å². The number of rotatable bonds is 4. The average molecular weight is 342 g/mol. The molecule has 128 valence electrons. The molecule has 0 spiro atoms. The number of nitrogens with zero attached hydrogens (tertiary/aromatic N) is 1. The second-order valence-corrected chi connectivity index (χ2v) is 5.16. The van der Waals surface area contributed by atoms with E-state index in [0.29, 0.717) is 10.9 Å². The highest BCUT2D eigenvalue weighted by Crippen LogP contribution is 2.22. The van der Waals surface area contributed by atoms with Crippen molar-refractivity contribution < 1.29 is 27.9 Å². The zero-order valence-corrected chi connectivity index (χ0v) is 12.4. The SMILES string of the molecule is Cn1c(=O)cc(C(=O)NC(CC(F)(F)F)C(=O)O)c2ccccc21. The number of carbonyl (C=O) groups excluding carboxylic acids is 1. The third-order valence-electron chi connectivity index (χ3n) is 3.44. The van der Waals surface area contributed by atoms with E-state index in [1.54, 1.807) is 18.2 Å². The van der Waals surface area contributed by atoms with Gasteiger partial charge in [-0.3, -0.25) is 9.59 Å². The molecule has 1 aromatic carbocycles. The molecule has 2 N–H and O–H groups in total. The first-order chi connectivity index (χ1) is 11.1. The van der Waals surface area contributed by atoms with Crippen molar-refractivity contribution in [2.75, 3.05) is 0 Å². The Morgan fingerprint density at radius 1 is 1.29 bits per heavy atom. The molecular formula is C15H13F3N2O4. The Bertz CT molecular complexity index is 858. The largest absolute Gasteiger partial charge is 0.480 e. The van der Waals surface area contributed by atoms with Crippen LogP contribution >= 0.6 is 0 Å². The number of nitrogens with one attached hydrogen (secondary N) is 1. The van der Waals surface area contributed by atoms with Crippen LogP contribution in [0.1, 0.15) is 16.8 Å². The number of halogens is 3. The fourth-order valence-electron chi connectivity index (χ4n) is 2.27. The number of carboxylic acids is 1. The summed E-state index contributed by atoms with van der Waals surface area (Å²) < 4.78 is 38.5. The molecular weight excluding hydrogens is 329 g/mol. The molecule has 2 aromatic rings. The average Bonchev–Trinajstić information content (AvgIpc) is 2.48. The number of amides is 1. The number of carbonyl (C=O) groups is 2. The lowest BCUT2D eigenvalue weighted by Gasteiger charge is -2.17. The molecule has 0 fully saturated rings. The van der Waals surface area contributed by atoms with Gasteiger partial charge in [0.05, 0.1) is 17.5 Å². The minimum atomic E-state index is -4.76. The van der Waals surface area contributed by atoms with Crippen molar-refractivity contribution in [1.29, 1.82) is 0 Å². The van der Waals surface area contributed by atoms with Gasteiger partial charge in [0, 0.05) is 18.5 Å². The highest BCUT2D eigenvalue weighted by molar-refractivity contribution is 6.07. The number of aliphatic carboxylic acids is 1. The molecule has 1 atom stereocenters. The molecule has 0 aliphatic rings. The van der Waals surface area contributed by atoms with Gasteiger partial charge in [-0.1, -0.05) is 18.2 Å². The number of para-hydroxylation sites is 1. The zero-order chi connectivity index (χ0) is 18.1. The summed E-state index contributed by atoms with van der Waals surface area (Å²) in [6, 6.07) is 5.13. The van der Waals surface area contributed by atoms with Crippen LogP contribution in [-0.2, 0) is 11.8 Å². The van der Waals surface area contributed by atoms with Crippen molar-refractivity contribution in [2.45, 2.75) is 18.6 Å². The number of fused-ring (bicyclic) bond motifs is 1. The van der Waals surface area contributed by atoms with E-state index in [2.05, 4.69) is 0 Å². The van der Waals surface area contributed by atoms with Crippen LogP contribution in [0.25, 0.3) is 10.9 Å². The molecule has 0 saturated carbocycles. The summed E-state index contributed by atoms with van der Waals surface area (Å²) in [5, 5.41) is 11.0. The molecule has 2 rings (SSSR count). The van der Waals surface area contributed by atoms with Crippen LogP contribution in [0.15, 0.2) is 35.1 Å². The maximum Gasteiger partial charge on any atom is 0.391 e. The summed E-state index contributed by atoms with van der Waals surface area (Å²) in [4.78, 5) is 35.1. The lowest BCUT2D eigenvalue weighted by molar-refractivity contribution is -0.157. The van der Waals surface area contributed by atoms with E-state index in [0.717, 1.165) is 6.07 Å².